The maximum absolute atomic E-state index is 13.6. The third kappa shape index (κ3) is 5.47. The summed E-state index contributed by atoms with van der Waals surface area (Å²) >= 11 is 0. The zero-order chi connectivity index (χ0) is 33.6. The first kappa shape index (κ1) is 31.8. The number of carbonyl (C=O) groups excluding carboxylic acids is 3. The van der Waals surface area contributed by atoms with Crippen molar-refractivity contribution in [1.29, 1.82) is 0 Å². The van der Waals surface area contributed by atoms with Gasteiger partial charge in [0.05, 0.1) is 41.9 Å². The number of fused-ring (bicyclic) bond motifs is 5. The molecular formula is C38H38N2O8. The minimum absolute atomic E-state index is 0.0703. The Bertz CT molecular complexity index is 2010. The average Bonchev–Trinajstić information content (AvgIpc) is 3.69. The summed E-state index contributed by atoms with van der Waals surface area (Å²) in [7, 11) is 0. The van der Waals surface area contributed by atoms with Crippen LogP contribution in [0.1, 0.15) is 86.6 Å². The fourth-order valence-electron chi connectivity index (χ4n) is 7.72. The molecule has 2 aliphatic heterocycles. The lowest BCUT2D eigenvalue weighted by atomic mass is 9.79. The van der Waals surface area contributed by atoms with Crippen LogP contribution in [0.25, 0.3) is 22.3 Å². The second-order valence-corrected chi connectivity index (χ2v) is 13.2. The Balaban J connectivity index is 1.13. The third-order valence-electron chi connectivity index (χ3n) is 10.3. The molecular weight excluding hydrogens is 612 g/mol. The Kier molecular flexibility index (Phi) is 8.15. The zero-order valence-corrected chi connectivity index (χ0v) is 27.2. The molecule has 0 spiro atoms. The predicted molar refractivity (Wildman–Crippen MR) is 176 cm³/mol. The Morgan fingerprint density at radius 1 is 0.979 bits per heavy atom. The molecule has 48 heavy (non-hydrogen) atoms. The van der Waals surface area contributed by atoms with Gasteiger partial charge in [-0.1, -0.05) is 57.0 Å². The molecule has 0 unspecified atom stereocenters. The van der Waals surface area contributed by atoms with Gasteiger partial charge in [-0.05, 0) is 66.5 Å². The lowest BCUT2D eigenvalue weighted by Gasteiger charge is -2.31. The summed E-state index contributed by atoms with van der Waals surface area (Å²) in [6.45, 7) is 4.00. The van der Waals surface area contributed by atoms with Gasteiger partial charge in [0, 0.05) is 16.5 Å². The van der Waals surface area contributed by atoms with E-state index in [4.69, 9.17) is 19.2 Å². The minimum Gasteiger partial charge on any atom is -0.461 e. The molecule has 0 bridgehead atoms. The van der Waals surface area contributed by atoms with E-state index in [1.54, 1.807) is 29.7 Å². The van der Waals surface area contributed by atoms with E-state index in [1.807, 2.05) is 43.3 Å². The number of hydrogen-bond donors (Lipinski definition) is 1. The minimum atomic E-state index is -1.89. The number of carbonyl (C=O) groups is 3. The topological polar surface area (TPSA) is 134 Å². The smallest absolute Gasteiger partial charge is 0.343 e. The van der Waals surface area contributed by atoms with Crippen molar-refractivity contribution in [2.75, 3.05) is 0 Å². The molecule has 1 N–H and O–H groups in total. The summed E-state index contributed by atoms with van der Waals surface area (Å²) in [5.41, 5.74) is 2.46. The number of aryl methyl sites for hydroxylation is 1. The number of pyridine rings is 2. The van der Waals surface area contributed by atoms with Crippen molar-refractivity contribution >= 4 is 28.8 Å². The van der Waals surface area contributed by atoms with Crippen LogP contribution in [0.2, 0.25) is 0 Å². The summed E-state index contributed by atoms with van der Waals surface area (Å²) in [4.78, 5) is 57.3. The maximum Gasteiger partial charge on any atom is 0.343 e. The highest BCUT2D eigenvalue weighted by Crippen LogP contribution is 2.45. The van der Waals surface area contributed by atoms with Crippen molar-refractivity contribution < 1.29 is 33.7 Å². The highest BCUT2D eigenvalue weighted by molar-refractivity contribution is 5.90. The van der Waals surface area contributed by atoms with Crippen molar-refractivity contribution in [2.45, 2.75) is 90.6 Å². The van der Waals surface area contributed by atoms with Crippen LogP contribution in [0.15, 0.2) is 59.4 Å². The molecule has 1 fully saturated rings. The molecule has 7 rings (SSSR count). The van der Waals surface area contributed by atoms with E-state index in [-0.39, 0.29) is 61.7 Å². The number of ether oxygens (including phenoxy) is 3. The molecule has 1 atom stereocenters. The molecule has 3 aliphatic rings. The fourth-order valence-corrected chi connectivity index (χ4v) is 7.72. The molecule has 248 valence electrons. The van der Waals surface area contributed by atoms with Crippen molar-refractivity contribution in [3.63, 3.8) is 0 Å². The number of esters is 3. The van der Waals surface area contributed by atoms with E-state index in [0.717, 1.165) is 47.8 Å². The Hall–Kier alpha value is -4.83. The molecule has 10 heteroatoms. The third-order valence-corrected chi connectivity index (χ3v) is 10.3. The maximum atomic E-state index is 13.6. The first-order valence-corrected chi connectivity index (χ1v) is 16.7. The molecule has 0 amide bonds. The van der Waals surface area contributed by atoms with Gasteiger partial charge in [0.25, 0.3) is 5.56 Å². The van der Waals surface area contributed by atoms with E-state index in [0.29, 0.717) is 29.1 Å². The van der Waals surface area contributed by atoms with Gasteiger partial charge in [-0.15, -0.1) is 0 Å². The number of benzene rings is 2. The van der Waals surface area contributed by atoms with Crippen molar-refractivity contribution in [3.05, 3.63) is 92.8 Å². The Morgan fingerprint density at radius 2 is 1.73 bits per heavy atom. The van der Waals surface area contributed by atoms with Crippen LogP contribution < -0.4 is 10.3 Å². The molecule has 10 nitrogen and oxygen atoms in total. The van der Waals surface area contributed by atoms with Crippen LogP contribution in [-0.2, 0) is 55.6 Å². The summed E-state index contributed by atoms with van der Waals surface area (Å²) in [5, 5.41) is 12.0. The number of aliphatic hydroxyl groups is 1. The normalized spacial score (nSPS) is 18.9. The summed E-state index contributed by atoms with van der Waals surface area (Å²) in [5.74, 6) is -1.09. The van der Waals surface area contributed by atoms with E-state index >= 15 is 0 Å². The largest absolute Gasteiger partial charge is 0.461 e. The van der Waals surface area contributed by atoms with Crippen LogP contribution in [0.5, 0.6) is 5.75 Å². The van der Waals surface area contributed by atoms with Crippen LogP contribution in [-0.4, -0.2) is 32.6 Å². The van der Waals surface area contributed by atoms with E-state index in [9.17, 15) is 24.3 Å². The van der Waals surface area contributed by atoms with Crippen LogP contribution in [0.3, 0.4) is 0 Å². The van der Waals surface area contributed by atoms with Crippen molar-refractivity contribution in [2.24, 2.45) is 5.41 Å². The predicted octanol–water partition coefficient (Wildman–Crippen LogP) is 5.63. The van der Waals surface area contributed by atoms with E-state index in [1.165, 1.54) is 0 Å². The van der Waals surface area contributed by atoms with Crippen molar-refractivity contribution in [1.82, 2.24) is 9.55 Å². The summed E-state index contributed by atoms with van der Waals surface area (Å²) in [6.07, 6.45) is 4.40. The SMILES string of the molecule is CCc1c2c(nc3ccc(OC(=O)CC4(CC(=O)OCc5ccccc5)CCCC4)cc13)-c1cc3c(c(=O)n1C2)COC(=O)[C@]3(O)CC. The quantitative estimate of drug-likeness (QED) is 0.159. The second-order valence-electron chi connectivity index (χ2n) is 13.2. The van der Waals surface area contributed by atoms with Crippen LogP contribution >= 0.6 is 0 Å². The lowest BCUT2D eigenvalue weighted by Crippen LogP contribution is -2.44. The first-order valence-electron chi connectivity index (χ1n) is 16.7. The molecule has 1 aliphatic carbocycles. The van der Waals surface area contributed by atoms with Gasteiger partial charge in [0.15, 0.2) is 5.60 Å². The van der Waals surface area contributed by atoms with E-state index in [2.05, 4.69) is 0 Å². The van der Waals surface area contributed by atoms with Gasteiger partial charge in [0.1, 0.15) is 19.0 Å². The zero-order valence-electron chi connectivity index (χ0n) is 27.2. The molecule has 2 aromatic heterocycles. The number of rotatable bonds is 9. The fraction of sp³-hybridized carbons (Fsp3) is 0.395. The van der Waals surface area contributed by atoms with Gasteiger partial charge in [-0.3, -0.25) is 14.4 Å². The van der Waals surface area contributed by atoms with Gasteiger partial charge in [-0.25, -0.2) is 9.78 Å². The van der Waals surface area contributed by atoms with Gasteiger partial charge in [-0.2, -0.15) is 0 Å². The Morgan fingerprint density at radius 3 is 2.46 bits per heavy atom. The molecule has 2 aromatic carbocycles. The van der Waals surface area contributed by atoms with Crippen LogP contribution in [0.4, 0.5) is 0 Å². The number of aromatic nitrogens is 2. The summed E-state index contributed by atoms with van der Waals surface area (Å²) in [6, 6.07) is 16.5. The molecule has 4 aromatic rings. The highest BCUT2D eigenvalue weighted by Gasteiger charge is 2.45. The Labute approximate surface area is 277 Å². The van der Waals surface area contributed by atoms with E-state index < -0.39 is 23.0 Å². The standard InChI is InChI=1S/C38H38N2O8/c1-3-25-26-16-24(48-33(42)19-37(14-8-9-15-37)18-32(41)46-21-23-10-6-5-7-11-23)12-13-30(26)39-34-27(25)20-40-31(34)17-29-28(35(40)43)22-47-36(44)38(29,45)4-2/h5-7,10-13,16-17,45H,3-4,8-9,14-15,18-22H2,1-2H3/t38-/m0/s1. The summed E-state index contributed by atoms with van der Waals surface area (Å²) < 4.78 is 18.3. The molecule has 4 heterocycles. The highest BCUT2D eigenvalue weighted by atomic mass is 16.6. The second kappa shape index (κ2) is 12.3. The number of nitrogens with zero attached hydrogens (tertiary/aromatic N) is 2. The molecule has 0 radical (unpaired) electrons. The molecule has 0 saturated heterocycles. The number of cyclic esters (lactones) is 1. The van der Waals surface area contributed by atoms with Crippen LogP contribution in [0, 0.1) is 5.41 Å². The molecule has 1 saturated carbocycles. The van der Waals surface area contributed by atoms with Crippen molar-refractivity contribution in [3.8, 4) is 17.1 Å². The van der Waals surface area contributed by atoms with Gasteiger partial charge >= 0.3 is 17.9 Å². The van der Waals surface area contributed by atoms with Gasteiger partial charge in [0.2, 0.25) is 0 Å². The van der Waals surface area contributed by atoms with Gasteiger partial charge < -0.3 is 23.9 Å². The first-order chi connectivity index (χ1) is 23.1. The average molecular weight is 651 g/mol. The lowest BCUT2D eigenvalue weighted by molar-refractivity contribution is -0.172. The monoisotopic (exact) mass is 650 g/mol. The number of hydrogen-bond acceptors (Lipinski definition) is 9.